The van der Waals surface area contributed by atoms with E-state index in [2.05, 4.69) is 20.6 Å². The fraction of sp³-hybridized carbons (Fsp3) is 0.333. The van der Waals surface area contributed by atoms with E-state index >= 15 is 0 Å². The number of methoxy groups -OCH3 is 1. The number of nitrogens with two attached hydrogens (primary N) is 1. The van der Waals surface area contributed by atoms with E-state index in [9.17, 15) is 9.90 Å². The van der Waals surface area contributed by atoms with Crippen LogP contribution in [0.5, 0.6) is 5.75 Å². The quantitative estimate of drug-likeness (QED) is 0.305. The SMILES string of the molecule is COc1ccccc1C(=O)NCc1ccc(C(=N)c2c(N)ncnc2NC2CCC(C)(O)CC2)cc1. The number of rotatable bonds is 8. The number of aliphatic hydroxyl groups is 1. The van der Waals surface area contributed by atoms with Crippen molar-refractivity contribution in [3.63, 3.8) is 0 Å². The molecule has 9 heteroatoms. The molecule has 1 fully saturated rings. The summed E-state index contributed by atoms with van der Waals surface area (Å²) in [6.07, 6.45) is 4.40. The van der Waals surface area contributed by atoms with Gasteiger partial charge < -0.3 is 26.2 Å². The van der Waals surface area contributed by atoms with Crippen molar-refractivity contribution in [2.45, 2.75) is 50.8 Å². The molecular weight excluding hydrogens is 456 g/mol. The minimum absolute atomic E-state index is 0.139. The van der Waals surface area contributed by atoms with Crippen molar-refractivity contribution >= 4 is 23.3 Å². The molecule has 1 aliphatic rings. The Morgan fingerprint density at radius 3 is 2.56 bits per heavy atom. The summed E-state index contributed by atoms with van der Waals surface area (Å²) in [5, 5.41) is 25.3. The summed E-state index contributed by atoms with van der Waals surface area (Å²) < 4.78 is 5.26. The molecule has 1 amide bonds. The van der Waals surface area contributed by atoms with Crippen molar-refractivity contribution < 1.29 is 14.6 Å². The Kier molecular flexibility index (Phi) is 7.49. The zero-order chi connectivity index (χ0) is 25.7. The third-order valence-corrected chi connectivity index (χ3v) is 6.58. The normalized spacial score (nSPS) is 19.4. The number of para-hydroxylation sites is 1. The van der Waals surface area contributed by atoms with Crippen LogP contribution in [0.2, 0.25) is 0 Å². The van der Waals surface area contributed by atoms with E-state index in [-0.39, 0.29) is 23.5 Å². The Hall–Kier alpha value is -3.98. The van der Waals surface area contributed by atoms with Gasteiger partial charge in [0, 0.05) is 18.2 Å². The second kappa shape index (κ2) is 10.7. The molecule has 36 heavy (non-hydrogen) atoms. The summed E-state index contributed by atoms with van der Waals surface area (Å²) >= 11 is 0. The van der Waals surface area contributed by atoms with Crippen LogP contribution in [-0.2, 0) is 6.54 Å². The van der Waals surface area contributed by atoms with Gasteiger partial charge in [0.25, 0.3) is 5.91 Å². The first-order valence-corrected chi connectivity index (χ1v) is 12.0. The number of hydrogen-bond acceptors (Lipinski definition) is 8. The molecule has 0 spiro atoms. The second-order valence-electron chi connectivity index (χ2n) is 9.35. The van der Waals surface area contributed by atoms with Gasteiger partial charge in [0.1, 0.15) is 23.7 Å². The molecule has 188 valence electrons. The highest BCUT2D eigenvalue weighted by atomic mass is 16.5. The third kappa shape index (κ3) is 5.80. The Morgan fingerprint density at radius 2 is 1.86 bits per heavy atom. The van der Waals surface area contributed by atoms with Gasteiger partial charge >= 0.3 is 0 Å². The first kappa shape index (κ1) is 25.1. The third-order valence-electron chi connectivity index (χ3n) is 6.58. The lowest BCUT2D eigenvalue weighted by Gasteiger charge is -2.34. The number of aromatic nitrogens is 2. The van der Waals surface area contributed by atoms with Crippen molar-refractivity contribution in [1.82, 2.24) is 15.3 Å². The van der Waals surface area contributed by atoms with Gasteiger partial charge in [-0.3, -0.25) is 10.2 Å². The van der Waals surface area contributed by atoms with Gasteiger partial charge in [0.2, 0.25) is 0 Å². The van der Waals surface area contributed by atoms with Gasteiger partial charge in [0.15, 0.2) is 0 Å². The Morgan fingerprint density at radius 1 is 1.17 bits per heavy atom. The average Bonchev–Trinajstić information content (AvgIpc) is 2.88. The van der Waals surface area contributed by atoms with Crippen molar-refractivity contribution in [2.75, 3.05) is 18.2 Å². The van der Waals surface area contributed by atoms with Gasteiger partial charge in [-0.1, -0.05) is 36.4 Å². The van der Waals surface area contributed by atoms with Gasteiger partial charge in [-0.25, -0.2) is 9.97 Å². The number of nitrogens with zero attached hydrogens (tertiary/aromatic N) is 2. The van der Waals surface area contributed by atoms with Gasteiger partial charge in [-0.15, -0.1) is 0 Å². The number of anilines is 2. The predicted molar refractivity (Wildman–Crippen MR) is 139 cm³/mol. The predicted octanol–water partition coefficient (Wildman–Crippen LogP) is 3.52. The van der Waals surface area contributed by atoms with Gasteiger partial charge in [0.05, 0.1) is 29.5 Å². The van der Waals surface area contributed by atoms with Crippen LogP contribution in [0.25, 0.3) is 0 Å². The van der Waals surface area contributed by atoms with Crippen LogP contribution in [0.4, 0.5) is 11.6 Å². The highest BCUT2D eigenvalue weighted by molar-refractivity contribution is 6.16. The summed E-state index contributed by atoms with van der Waals surface area (Å²) in [5.41, 5.74) is 8.22. The fourth-order valence-corrected chi connectivity index (χ4v) is 4.38. The lowest BCUT2D eigenvalue weighted by molar-refractivity contribution is 0.0196. The van der Waals surface area contributed by atoms with E-state index < -0.39 is 5.60 Å². The maximum atomic E-state index is 12.6. The lowest BCUT2D eigenvalue weighted by Crippen LogP contribution is -2.36. The standard InChI is InChI=1S/C27H32N6O3/c1-27(35)13-11-19(12-14-27)33-25-22(24(29)31-16-32-25)23(28)18-9-7-17(8-10-18)15-30-26(34)20-5-3-4-6-21(20)36-2/h3-10,16,19,28,35H,11-15H2,1-2H3,(H,30,34)(H3,29,31,32,33). The molecule has 2 aromatic carbocycles. The highest BCUT2D eigenvalue weighted by Crippen LogP contribution is 2.31. The van der Waals surface area contributed by atoms with E-state index in [1.54, 1.807) is 18.2 Å². The fourth-order valence-electron chi connectivity index (χ4n) is 4.38. The maximum Gasteiger partial charge on any atom is 0.255 e. The molecule has 0 radical (unpaired) electrons. The summed E-state index contributed by atoms with van der Waals surface area (Å²) in [4.78, 5) is 21.0. The number of hydrogen-bond donors (Lipinski definition) is 5. The Bertz CT molecular complexity index is 1230. The summed E-state index contributed by atoms with van der Waals surface area (Å²) in [7, 11) is 1.53. The van der Waals surface area contributed by atoms with Crippen LogP contribution in [-0.4, -0.2) is 45.4 Å². The van der Waals surface area contributed by atoms with Crippen LogP contribution >= 0.6 is 0 Å². The molecule has 6 N–H and O–H groups in total. The molecule has 1 saturated carbocycles. The minimum Gasteiger partial charge on any atom is -0.496 e. The monoisotopic (exact) mass is 488 g/mol. The molecule has 4 rings (SSSR count). The summed E-state index contributed by atoms with van der Waals surface area (Å²) in [6, 6.07) is 14.6. The molecule has 0 unspecified atom stereocenters. The first-order valence-electron chi connectivity index (χ1n) is 12.0. The molecule has 1 aliphatic carbocycles. The van der Waals surface area contributed by atoms with E-state index in [4.69, 9.17) is 15.9 Å². The number of carbonyl (C=O) groups is 1. The lowest BCUT2D eigenvalue weighted by atomic mass is 9.83. The number of benzene rings is 2. The van der Waals surface area contributed by atoms with Crippen LogP contribution in [0.15, 0.2) is 54.9 Å². The number of ether oxygens (including phenoxy) is 1. The number of nitrogen functional groups attached to an aromatic ring is 1. The Balaban J connectivity index is 1.44. The molecule has 0 bridgehead atoms. The molecular formula is C27H32N6O3. The molecule has 1 aromatic heterocycles. The second-order valence-corrected chi connectivity index (χ2v) is 9.35. The van der Waals surface area contributed by atoms with E-state index in [0.29, 0.717) is 47.6 Å². The number of nitrogens with one attached hydrogen (secondary N) is 3. The van der Waals surface area contributed by atoms with Gasteiger partial charge in [-0.2, -0.15) is 0 Å². The first-order chi connectivity index (χ1) is 17.3. The molecule has 0 saturated heterocycles. The van der Waals surface area contributed by atoms with Crippen molar-refractivity contribution in [2.24, 2.45) is 0 Å². The average molecular weight is 489 g/mol. The van der Waals surface area contributed by atoms with Gasteiger partial charge in [-0.05, 0) is 50.3 Å². The Labute approximate surface area is 210 Å². The van der Waals surface area contributed by atoms with E-state index in [1.807, 2.05) is 37.3 Å². The van der Waals surface area contributed by atoms with Crippen LogP contribution in [0.1, 0.15) is 59.7 Å². The van der Waals surface area contributed by atoms with Crippen molar-refractivity contribution in [3.05, 3.63) is 77.1 Å². The topological polar surface area (TPSA) is 146 Å². The zero-order valence-electron chi connectivity index (χ0n) is 20.5. The largest absolute Gasteiger partial charge is 0.496 e. The van der Waals surface area contributed by atoms with Crippen molar-refractivity contribution in [1.29, 1.82) is 5.41 Å². The van der Waals surface area contributed by atoms with E-state index in [1.165, 1.54) is 13.4 Å². The summed E-state index contributed by atoms with van der Waals surface area (Å²) in [6.45, 7) is 2.19. The summed E-state index contributed by atoms with van der Waals surface area (Å²) in [5.74, 6) is 1.04. The van der Waals surface area contributed by atoms with Crippen LogP contribution in [0, 0.1) is 5.41 Å². The highest BCUT2D eigenvalue weighted by Gasteiger charge is 2.29. The van der Waals surface area contributed by atoms with E-state index in [0.717, 1.165) is 18.4 Å². The number of amides is 1. The number of carbonyl (C=O) groups excluding carboxylic acids is 1. The smallest absolute Gasteiger partial charge is 0.255 e. The molecule has 0 atom stereocenters. The minimum atomic E-state index is -0.632. The molecule has 9 nitrogen and oxygen atoms in total. The van der Waals surface area contributed by atoms with Crippen LogP contribution in [0.3, 0.4) is 0 Å². The van der Waals surface area contributed by atoms with Crippen LogP contribution < -0.4 is 21.1 Å². The zero-order valence-corrected chi connectivity index (χ0v) is 20.5. The maximum absolute atomic E-state index is 12.6. The molecule has 3 aromatic rings. The van der Waals surface area contributed by atoms with Crippen molar-refractivity contribution in [3.8, 4) is 5.75 Å². The molecule has 1 heterocycles. The molecule has 0 aliphatic heterocycles.